The van der Waals surface area contributed by atoms with Crippen LogP contribution in [0, 0.1) is 13.8 Å². The molecule has 6 heteroatoms. The minimum absolute atomic E-state index is 0.115. The van der Waals surface area contributed by atoms with E-state index in [1.165, 1.54) is 0 Å². The molecule has 1 aromatic heterocycles. The molecule has 0 spiro atoms. The molecule has 4 nitrogen and oxygen atoms in total. The Balaban J connectivity index is 1.98. The zero-order chi connectivity index (χ0) is 14.7. The first-order chi connectivity index (χ1) is 9.49. The van der Waals surface area contributed by atoms with Crippen molar-refractivity contribution >= 4 is 29.1 Å². The van der Waals surface area contributed by atoms with E-state index in [1.54, 1.807) is 19.1 Å². The molecule has 1 heterocycles. The van der Waals surface area contributed by atoms with E-state index in [-0.39, 0.29) is 12.3 Å². The van der Waals surface area contributed by atoms with E-state index in [0.29, 0.717) is 22.4 Å². The maximum absolute atomic E-state index is 11.9. The molecule has 0 bridgehead atoms. The van der Waals surface area contributed by atoms with E-state index in [4.69, 9.17) is 27.7 Å². The first-order valence-electron chi connectivity index (χ1n) is 6.10. The number of nitrogens with one attached hydrogen (secondary N) is 1. The summed E-state index contributed by atoms with van der Waals surface area (Å²) in [6.07, 6.45) is 0.235. The maximum Gasteiger partial charge on any atom is 0.224 e. The van der Waals surface area contributed by atoms with Crippen LogP contribution >= 0.6 is 23.2 Å². The lowest BCUT2D eigenvalue weighted by atomic mass is 10.1. The molecule has 0 unspecified atom stereocenters. The van der Waals surface area contributed by atoms with Gasteiger partial charge in [-0.05, 0) is 25.5 Å². The fraction of sp³-hybridized carbons (Fsp3) is 0.286. The number of carbonyl (C=O) groups excluding carboxylic acids is 1. The highest BCUT2D eigenvalue weighted by atomic mass is 35.5. The van der Waals surface area contributed by atoms with E-state index in [1.807, 2.05) is 13.0 Å². The number of benzene rings is 1. The highest BCUT2D eigenvalue weighted by molar-refractivity contribution is 6.42. The highest BCUT2D eigenvalue weighted by Crippen LogP contribution is 2.25. The van der Waals surface area contributed by atoms with Crippen LogP contribution in [0.1, 0.15) is 22.6 Å². The van der Waals surface area contributed by atoms with Gasteiger partial charge in [0.1, 0.15) is 5.76 Å². The third kappa shape index (κ3) is 3.32. The van der Waals surface area contributed by atoms with Crippen LogP contribution < -0.4 is 5.32 Å². The van der Waals surface area contributed by atoms with E-state index < -0.39 is 0 Å². The van der Waals surface area contributed by atoms with Crippen molar-refractivity contribution in [1.29, 1.82) is 0 Å². The second kappa shape index (κ2) is 6.29. The van der Waals surface area contributed by atoms with Crippen molar-refractivity contribution in [2.75, 3.05) is 0 Å². The van der Waals surface area contributed by atoms with Crippen LogP contribution in [0.2, 0.25) is 10.0 Å². The Morgan fingerprint density at radius 1 is 1.35 bits per heavy atom. The number of nitrogens with zero attached hydrogens (tertiary/aromatic N) is 1. The minimum Gasteiger partial charge on any atom is -0.361 e. The molecule has 0 saturated heterocycles. The summed E-state index contributed by atoms with van der Waals surface area (Å²) in [7, 11) is 0. The van der Waals surface area contributed by atoms with Gasteiger partial charge in [-0.25, -0.2) is 0 Å². The largest absolute Gasteiger partial charge is 0.361 e. The topological polar surface area (TPSA) is 55.1 Å². The predicted octanol–water partition coefficient (Wildman–Crippen LogP) is 3.46. The van der Waals surface area contributed by atoms with Crippen LogP contribution in [-0.2, 0) is 17.8 Å². The molecule has 0 saturated carbocycles. The molecular weight excluding hydrogens is 299 g/mol. The summed E-state index contributed by atoms with van der Waals surface area (Å²) >= 11 is 12.0. The number of rotatable bonds is 4. The summed E-state index contributed by atoms with van der Waals surface area (Å²) in [5, 5.41) is 7.57. The first-order valence-corrected chi connectivity index (χ1v) is 6.86. The smallest absolute Gasteiger partial charge is 0.224 e. The van der Waals surface area contributed by atoms with Gasteiger partial charge >= 0.3 is 0 Å². The summed E-state index contributed by atoms with van der Waals surface area (Å²) in [6.45, 7) is 3.94. The predicted molar refractivity (Wildman–Crippen MR) is 78.0 cm³/mol. The molecule has 0 aliphatic heterocycles. The Labute approximate surface area is 127 Å². The SMILES string of the molecule is Cc1noc(C)c1CC(=O)NCc1cccc(Cl)c1Cl. The molecule has 0 fully saturated rings. The normalized spacial score (nSPS) is 10.6. The molecule has 0 radical (unpaired) electrons. The molecular formula is C14H14Cl2N2O2. The molecule has 0 aliphatic rings. The lowest BCUT2D eigenvalue weighted by Gasteiger charge is -2.08. The van der Waals surface area contributed by atoms with Gasteiger partial charge in [-0.2, -0.15) is 0 Å². The number of hydrogen-bond acceptors (Lipinski definition) is 3. The molecule has 1 amide bonds. The second-order valence-corrected chi connectivity index (χ2v) is 5.25. The van der Waals surface area contributed by atoms with Gasteiger partial charge in [0.25, 0.3) is 0 Å². The number of aromatic nitrogens is 1. The number of carbonyl (C=O) groups is 1. The Kier molecular flexibility index (Phi) is 4.68. The summed E-state index contributed by atoms with van der Waals surface area (Å²) in [5.41, 5.74) is 2.34. The number of amides is 1. The van der Waals surface area contributed by atoms with Crippen molar-refractivity contribution in [3.63, 3.8) is 0 Å². The highest BCUT2D eigenvalue weighted by Gasteiger charge is 2.13. The summed E-state index contributed by atoms with van der Waals surface area (Å²) in [6, 6.07) is 5.33. The lowest BCUT2D eigenvalue weighted by molar-refractivity contribution is -0.120. The van der Waals surface area contributed by atoms with Gasteiger partial charge in [0.2, 0.25) is 5.91 Å². The second-order valence-electron chi connectivity index (χ2n) is 4.47. The van der Waals surface area contributed by atoms with Crippen molar-refractivity contribution in [3.8, 4) is 0 Å². The lowest BCUT2D eigenvalue weighted by Crippen LogP contribution is -2.25. The summed E-state index contributed by atoms with van der Waals surface area (Å²) in [5.74, 6) is 0.550. The minimum atomic E-state index is -0.115. The molecule has 2 aromatic rings. The van der Waals surface area contributed by atoms with Gasteiger partial charge in [0, 0.05) is 12.1 Å². The molecule has 20 heavy (non-hydrogen) atoms. The van der Waals surface area contributed by atoms with Crippen LogP contribution in [0.15, 0.2) is 22.7 Å². The van der Waals surface area contributed by atoms with E-state index >= 15 is 0 Å². The Hall–Kier alpha value is -1.52. The van der Waals surface area contributed by atoms with Crippen molar-refractivity contribution in [2.45, 2.75) is 26.8 Å². The average Bonchev–Trinajstić information content (AvgIpc) is 2.72. The fourth-order valence-electron chi connectivity index (χ4n) is 1.86. The van der Waals surface area contributed by atoms with Crippen LogP contribution in [0.5, 0.6) is 0 Å². The summed E-state index contributed by atoms with van der Waals surface area (Å²) in [4.78, 5) is 11.9. The molecule has 0 aliphatic carbocycles. The molecule has 1 aromatic carbocycles. The van der Waals surface area contributed by atoms with Crippen molar-refractivity contribution in [1.82, 2.24) is 10.5 Å². The zero-order valence-corrected chi connectivity index (χ0v) is 12.7. The van der Waals surface area contributed by atoms with Crippen molar-refractivity contribution in [2.24, 2.45) is 0 Å². The molecule has 0 atom stereocenters. The van der Waals surface area contributed by atoms with Gasteiger partial charge in [-0.1, -0.05) is 40.5 Å². The third-order valence-electron chi connectivity index (χ3n) is 3.03. The Morgan fingerprint density at radius 3 is 2.75 bits per heavy atom. The van der Waals surface area contributed by atoms with E-state index in [0.717, 1.165) is 16.8 Å². The maximum atomic E-state index is 11.9. The fourth-order valence-corrected chi connectivity index (χ4v) is 2.24. The monoisotopic (exact) mass is 312 g/mol. The van der Waals surface area contributed by atoms with Crippen LogP contribution in [0.25, 0.3) is 0 Å². The first kappa shape index (κ1) is 14.9. The van der Waals surface area contributed by atoms with Crippen LogP contribution in [0.4, 0.5) is 0 Å². The number of halogens is 2. The van der Waals surface area contributed by atoms with Gasteiger partial charge in [0.15, 0.2) is 0 Å². The third-order valence-corrected chi connectivity index (χ3v) is 3.88. The number of aryl methyl sites for hydroxylation is 2. The van der Waals surface area contributed by atoms with Crippen LogP contribution in [-0.4, -0.2) is 11.1 Å². The van der Waals surface area contributed by atoms with Gasteiger partial charge in [0.05, 0.1) is 22.2 Å². The average molecular weight is 313 g/mol. The zero-order valence-electron chi connectivity index (χ0n) is 11.2. The summed E-state index contributed by atoms with van der Waals surface area (Å²) < 4.78 is 5.03. The van der Waals surface area contributed by atoms with E-state index in [2.05, 4.69) is 10.5 Å². The number of hydrogen-bond donors (Lipinski definition) is 1. The van der Waals surface area contributed by atoms with Gasteiger partial charge in [-0.3, -0.25) is 4.79 Å². The van der Waals surface area contributed by atoms with Gasteiger partial charge in [-0.15, -0.1) is 0 Å². The standard InChI is InChI=1S/C14H14Cl2N2O2/c1-8-11(9(2)20-18-8)6-13(19)17-7-10-4-3-5-12(15)14(10)16/h3-5H,6-7H2,1-2H3,(H,17,19). The van der Waals surface area contributed by atoms with Crippen LogP contribution in [0.3, 0.4) is 0 Å². The molecule has 1 N–H and O–H groups in total. The van der Waals surface area contributed by atoms with Gasteiger partial charge < -0.3 is 9.84 Å². The van der Waals surface area contributed by atoms with E-state index in [9.17, 15) is 4.79 Å². The Bertz CT molecular complexity index is 619. The van der Waals surface area contributed by atoms with Crippen molar-refractivity contribution < 1.29 is 9.32 Å². The molecule has 2 rings (SSSR count). The molecule has 106 valence electrons. The Morgan fingerprint density at radius 2 is 2.10 bits per heavy atom. The van der Waals surface area contributed by atoms with Crippen molar-refractivity contribution in [3.05, 3.63) is 50.8 Å². The quantitative estimate of drug-likeness (QED) is 0.940.